The molecule has 0 spiro atoms. The van der Waals surface area contributed by atoms with Gasteiger partial charge >= 0.3 is 0 Å². The van der Waals surface area contributed by atoms with Gasteiger partial charge in [0.25, 0.3) is 0 Å². The van der Waals surface area contributed by atoms with Crippen LogP contribution in [0.15, 0.2) is 22.2 Å². The van der Waals surface area contributed by atoms with Crippen LogP contribution in [0.5, 0.6) is 0 Å². The number of hydrogen-bond acceptors (Lipinski definition) is 5. The highest BCUT2D eigenvalue weighted by molar-refractivity contribution is 7.99. The molecule has 0 saturated heterocycles. The summed E-state index contributed by atoms with van der Waals surface area (Å²) in [5.41, 5.74) is 1.10. The molecule has 1 aliphatic carbocycles. The molecule has 5 nitrogen and oxygen atoms in total. The molecule has 1 unspecified atom stereocenters. The van der Waals surface area contributed by atoms with Crippen molar-refractivity contribution in [1.82, 2.24) is 20.2 Å². The molecule has 0 aliphatic heterocycles. The number of hydrogen-bond donors (Lipinski definition) is 1. The minimum absolute atomic E-state index is 0.313. The van der Waals surface area contributed by atoms with Gasteiger partial charge in [-0.1, -0.05) is 0 Å². The van der Waals surface area contributed by atoms with Crippen molar-refractivity contribution in [1.29, 1.82) is 0 Å². The maximum atomic E-state index is 13.6. The van der Waals surface area contributed by atoms with Crippen LogP contribution >= 0.6 is 11.8 Å². The molecule has 1 aromatic heterocycles. The Bertz CT molecular complexity index is 639. The lowest BCUT2D eigenvalue weighted by molar-refractivity contribution is 0.196. The van der Waals surface area contributed by atoms with Crippen LogP contribution in [-0.2, 0) is 0 Å². The van der Waals surface area contributed by atoms with Gasteiger partial charge in [0.05, 0.1) is 12.1 Å². The molecule has 1 N–H and O–H groups in total. The van der Waals surface area contributed by atoms with Crippen molar-refractivity contribution in [2.45, 2.75) is 48.9 Å². The van der Waals surface area contributed by atoms with E-state index >= 15 is 0 Å². The summed E-state index contributed by atoms with van der Waals surface area (Å²) in [6, 6.07) is 3.49. The smallest absolute Gasteiger partial charge is 0.214 e. The molecular formula is C13H15FN4OS. The standard InChI is InChI=1S/C13H15FN4OS/c1-7-5-12(10(8(2)19)6-11(7)14)20-13-15-16-17-18(13)9-3-4-9/h5-6,8-9,19H,3-4H2,1-2H3. The number of tetrazole rings is 1. The average Bonchev–Trinajstić information content (AvgIpc) is 3.14. The Kier molecular flexibility index (Phi) is 3.47. The summed E-state index contributed by atoms with van der Waals surface area (Å²) in [6.45, 7) is 3.33. The summed E-state index contributed by atoms with van der Waals surface area (Å²) < 4.78 is 15.5. The largest absolute Gasteiger partial charge is 0.389 e. The highest BCUT2D eigenvalue weighted by Crippen LogP contribution is 2.39. The lowest BCUT2D eigenvalue weighted by Crippen LogP contribution is -2.01. The number of aliphatic hydroxyl groups is 1. The van der Waals surface area contributed by atoms with E-state index in [0.29, 0.717) is 22.3 Å². The van der Waals surface area contributed by atoms with E-state index in [1.165, 1.54) is 17.8 Å². The molecule has 0 bridgehead atoms. The first-order chi connectivity index (χ1) is 9.56. The number of halogens is 1. The molecule has 0 radical (unpaired) electrons. The Morgan fingerprint density at radius 1 is 1.45 bits per heavy atom. The van der Waals surface area contributed by atoms with E-state index in [-0.39, 0.29) is 5.82 Å². The van der Waals surface area contributed by atoms with E-state index in [4.69, 9.17) is 0 Å². The van der Waals surface area contributed by atoms with Crippen LogP contribution in [0.3, 0.4) is 0 Å². The third-order valence-corrected chi connectivity index (χ3v) is 4.32. The van der Waals surface area contributed by atoms with Crippen LogP contribution in [0.1, 0.15) is 43.0 Å². The highest BCUT2D eigenvalue weighted by atomic mass is 32.2. The van der Waals surface area contributed by atoms with Crippen LogP contribution < -0.4 is 0 Å². The van der Waals surface area contributed by atoms with Crippen LogP contribution in [-0.4, -0.2) is 25.3 Å². The van der Waals surface area contributed by atoms with Crippen molar-refractivity contribution in [2.24, 2.45) is 0 Å². The minimum Gasteiger partial charge on any atom is -0.389 e. The van der Waals surface area contributed by atoms with Gasteiger partial charge in [0.1, 0.15) is 5.82 Å². The molecule has 1 fully saturated rings. The van der Waals surface area contributed by atoms with Crippen molar-refractivity contribution in [3.05, 3.63) is 29.1 Å². The van der Waals surface area contributed by atoms with E-state index in [1.807, 2.05) is 0 Å². The molecule has 3 rings (SSSR count). The van der Waals surface area contributed by atoms with Gasteiger partial charge in [-0.05, 0) is 72.1 Å². The average molecular weight is 294 g/mol. The van der Waals surface area contributed by atoms with Gasteiger partial charge in [-0.2, -0.15) is 0 Å². The number of aliphatic hydroxyl groups excluding tert-OH is 1. The SMILES string of the molecule is Cc1cc(Sc2nnnn2C2CC2)c(C(C)O)cc1F. The van der Waals surface area contributed by atoms with Gasteiger partial charge < -0.3 is 5.11 Å². The molecule has 1 heterocycles. The fourth-order valence-corrected chi connectivity index (χ4v) is 3.12. The number of benzene rings is 1. The molecule has 1 atom stereocenters. The van der Waals surface area contributed by atoms with Gasteiger partial charge in [0.15, 0.2) is 0 Å². The van der Waals surface area contributed by atoms with Crippen LogP contribution in [0, 0.1) is 12.7 Å². The van der Waals surface area contributed by atoms with Gasteiger partial charge in [0.2, 0.25) is 5.16 Å². The number of nitrogens with zero attached hydrogens (tertiary/aromatic N) is 4. The van der Waals surface area contributed by atoms with Crippen LogP contribution in [0.25, 0.3) is 0 Å². The quantitative estimate of drug-likeness (QED) is 0.939. The van der Waals surface area contributed by atoms with Crippen molar-refractivity contribution in [3.8, 4) is 0 Å². The number of aromatic nitrogens is 4. The Labute approximate surface area is 120 Å². The van der Waals surface area contributed by atoms with Gasteiger partial charge in [-0.25, -0.2) is 9.07 Å². The fourth-order valence-electron chi connectivity index (χ4n) is 1.98. The Morgan fingerprint density at radius 2 is 2.20 bits per heavy atom. The predicted octanol–water partition coefficient (Wildman–Crippen LogP) is 2.66. The summed E-state index contributed by atoms with van der Waals surface area (Å²) in [4.78, 5) is 0.788. The van der Waals surface area contributed by atoms with Crippen molar-refractivity contribution >= 4 is 11.8 Å². The second-order valence-corrected chi connectivity index (χ2v) is 6.06. The fraction of sp³-hybridized carbons (Fsp3) is 0.462. The summed E-state index contributed by atoms with van der Waals surface area (Å²) >= 11 is 1.37. The second kappa shape index (κ2) is 5.14. The molecule has 1 aromatic carbocycles. The topological polar surface area (TPSA) is 63.8 Å². The maximum absolute atomic E-state index is 13.6. The Balaban J connectivity index is 1.96. The monoisotopic (exact) mass is 294 g/mol. The van der Waals surface area contributed by atoms with Crippen molar-refractivity contribution in [3.63, 3.8) is 0 Å². The first kappa shape index (κ1) is 13.5. The first-order valence-corrected chi connectivity index (χ1v) is 7.31. The lowest BCUT2D eigenvalue weighted by Gasteiger charge is -2.13. The van der Waals surface area contributed by atoms with E-state index in [1.54, 1.807) is 24.6 Å². The molecule has 1 saturated carbocycles. The van der Waals surface area contributed by atoms with Crippen LogP contribution in [0.4, 0.5) is 4.39 Å². The minimum atomic E-state index is -0.738. The number of rotatable bonds is 4. The van der Waals surface area contributed by atoms with Gasteiger partial charge in [0, 0.05) is 4.90 Å². The van der Waals surface area contributed by atoms with Gasteiger partial charge in [-0.15, -0.1) is 5.10 Å². The third-order valence-electron chi connectivity index (χ3n) is 3.30. The maximum Gasteiger partial charge on any atom is 0.214 e. The Morgan fingerprint density at radius 3 is 2.85 bits per heavy atom. The van der Waals surface area contributed by atoms with Crippen molar-refractivity contribution < 1.29 is 9.50 Å². The summed E-state index contributed by atoms with van der Waals surface area (Å²) in [7, 11) is 0. The highest BCUT2D eigenvalue weighted by Gasteiger charge is 2.28. The number of aryl methyl sites for hydroxylation is 1. The van der Waals surface area contributed by atoms with E-state index in [0.717, 1.165) is 17.7 Å². The molecule has 0 amide bonds. The molecule has 1 aliphatic rings. The zero-order chi connectivity index (χ0) is 14.3. The van der Waals surface area contributed by atoms with E-state index < -0.39 is 6.10 Å². The molecule has 106 valence electrons. The molecule has 20 heavy (non-hydrogen) atoms. The zero-order valence-corrected chi connectivity index (χ0v) is 12.1. The predicted molar refractivity (Wildman–Crippen MR) is 72.0 cm³/mol. The summed E-state index contributed by atoms with van der Waals surface area (Å²) in [5, 5.41) is 22.2. The van der Waals surface area contributed by atoms with Crippen LogP contribution in [0.2, 0.25) is 0 Å². The lowest BCUT2D eigenvalue weighted by atomic mass is 10.1. The first-order valence-electron chi connectivity index (χ1n) is 6.50. The Hall–Kier alpha value is -1.47. The van der Waals surface area contributed by atoms with Gasteiger partial charge in [-0.3, -0.25) is 0 Å². The normalized spacial score (nSPS) is 16.4. The summed E-state index contributed by atoms with van der Waals surface area (Å²) in [6.07, 6.45) is 1.44. The van der Waals surface area contributed by atoms with E-state index in [2.05, 4.69) is 15.5 Å². The molecule has 2 aromatic rings. The zero-order valence-electron chi connectivity index (χ0n) is 11.2. The molecule has 7 heteroatoms. The summed E-state index contributed by atoms with van der Waals surface area (Å²) in [5.74, 6) is -0.313. The second-order valence-electron chi connectivity index (χ2n) is 5.05. The third kappa shape index (κ3) is 2.55. The molecular weight excluding hydrogens is 279 g/mol. The van der Waals surface area contributed by atoms with E-state index in [9.17, 15) is 9.50 Å². The van der Waals surface area contributed by atoms with Crippen molar-refractivity contribution in [2.75, 3.05) is 0 Å².